The van der Waals surface area contributed by atoms with E-state index in [4.69, 9.17) is 14.5 Å². The Hall–Kier alpha value is -4.16. The Labute approximate surface area is 228 Å². The average Bonchev–Trinajstić information content (AvgIpc) is 2.91. The first-order valence-corrected chi connectivity index (χ1v) is 13.3. The number of carbonyl (C=O) groups is 1. The Kier molecular flexibility index (Phi) is 6.15. The zero-order valence-electron chi connectivity index (χ0n) is 22.9. The first kappa shape index (κ1) is 25.1. The summed E-state index contributed by atoms with van der Waals surface area (Å²) in [6.45, 7) is 10.3. The molecule has 0 amide bonds. The lowest BCUT2D eigenvalue weighted by atomic mass is 9.84. The van der Waals surface area contributed by atoms with Crippen molar-refractivity contribution in [2.24, 2.45) is 0 Å². The lowest BCUT2D eigenvalue weighted by Gasteiger charge is -2.30. The second kappa shape index (κ2) is 9.54. The van der Waals surface area contributed by atoms with E-state index in [1.807, 2.05) is 45.4 Å². The Morgan fingerprint density at radius 3 is 2.56 bits per heavy atom. The molecule has 0 saturated carbocycles. The molecule has 0 bridgehead atoms. The molecule has 196 valence electrons. The van der Waals surface area contributed by atoms with Gasteiger partial charge in [-0.1, -0.05) is 18.2 Å². The number of ether oxygens (including phenoxy) is 2. The third-order valence-electron chi connectivity index (χ3n) is 7.22. The standard InChI is InChI=1S/C33H31N3O3/c1-19-14-23-15-22(24-16-34-18-35-17-24)6-7-25(23)30(28(19)32(20(2)37)39-33(3,4)5)26-8-9-27-29-21(11-13-38-27)10-12-36-31(26)29/h6-10,12,14-18,32H,11,13H2,1-5H3/t32-/m1/s1. The molecule has 0 spiro atoms. The molecule has 0 radical (unpaired) electrons. The van der Waals surface area contributed by atoms with Crippen molar-refractivity contribution in [3.8, 4) is 28.0 Å². The average molecular weight is 518 g/mol. The van der Waals surface area contributed by atoms with Crippen molar-refractivity contribution in [1.82, 2.24) is 15.0 Å². The van der Waals surface area contributed by atoms with Gasteiger partial charge >= 0.3 is 0 Å². The number of aromatic nitrogens is 3. The van der Waals surface area contributed by atoms with E-state index in [0.29, 0.717) is 6.61 Å². The number of aryl methyl sites for hydroxylation is 1. The van der Waals surface area contributed by atoms with Crippen molar-refractivity contribution in [1.29, 1.82) is 0 Å². The van der Waals surface area contributed by atoms with E-state index in [1.165, 1.54) is 11.9 Å². The van der Waals surface area contributed by atoms with Crippen LogP contribution in [0.2, 0.25) is 0 Å². The zero-order valence-corrected chi connectivity index (χ0v) is 22.9. The van der Waals surface area contributed by atoms with Crippen LogP contribution in [0.4, 0.5) is 0 Å². The topological polar surface area (TPSA) is 74.2 Å². The Morgan fingerprint density at radius 1 is 1.03 bits per heavy atom. The van der Waals surface area contributed by atoms with Crippen molar-refractivity contribution >= 4 is 27.5 Å². The van der Waals surface area contributed by atoms with E-state index < -0.39 is 11.7 Å². The van der Waals surface area contributed by atoms with Crippen LogP contribution in [0.5, 0.6) is 5.75 Å². The number of nitrogens with zero attached hydrogens (tertiary/aromatic N) is 3. The van der Waals surface area contributed by atoms with E-state index in [-0.39, 0.29) is 5.78 Å². The quantitative estimate of drug-likeness (QED) is 0.245. The molecule has 3 aromatic carbocycles. The van der Waals surface area contributed by atoms with Gasteiger partial charge in [0.05, 0.1) is 17.7 Å². The third kappa shape index (κ3) is 4.55. The SMILES string of the molecule is CC(=O)[C@@H](OC(C)(C)C)c1c(C)cc2cc(-c3cncnc3)ccc2c1-c1ccc2c3c(ccnc13)CCO2. The van der Waals surface area contributed by atoms with Gasteiger partial charge in [-0.15, -0.1) is 0 Å². The highest BCUT2D eigenvalue weighted by Gasteiger charge is 2.31. The number of fused-ring (bicyclic) bond motifs is 1. The van der Waals surface area contributed by atoms with Crippen LogP contribution in [0, 0.1) is 6.92 Å². The minimum atomic E-state index is -0.728. The van der Waals surface area contributed by atoms with E-state index >= 15 is 0 Å². The fourth-order valence-electron chi connectivity index (χ4n) is 5.62. The molecule has 3 heterocycles. The summed E-state index contributed by atoms with van der Waals surface area (Å²) in [5.74, 6) is 0.813. The minimum Gasteiger partial charge on any atom is -0.493 e. The van der Waals surface area contributed by atoms with Crippen LogP contribution in [-0.2, 0) is 16.0 Å². The molecule has 6 nitrogen and oxygen atoms in total. The molecule has 1 aliphatic heterocycles. The monoisotopic (exact) mass is 517 g/mol. The highest BCUT2D eigenvalue weighted by atomic mass is 16.5. The molecule has 5 aromatic rings. The van der Waals surface area contributed by atoms with Crippen LogP contribution in [-0.4, -0.2) is 32.9 Å². The zero-order chi connectivity index (χ0) is 27.3. The maximum atomic E-state index is 13.2. The van der Waals surface area contributed by atoms with Crippen molar-refractivity contribution in [3.63, 3.8) is 0 Å². The van der Waals surface area contributed by atoms with Crippen molar-refractivity contribution in [2.45, 2.75) is 52.7 Å². The molecule has 2 aromatic heterocycles. The maximum Gasteiger partial charge on any atom is 0.163 e. The largest absolute Gasteiger partial charge is 0.493 e. The molecular weight excluding hydrogens is 486 g/mol. The highest BCUT2D eigenvalue weighted by Crippen LogP contribution is 2.45. The van der Waals surface area contributed by atoms with Crippen LogP contribution >= 0.6 is 0 Å². The van der Waals surface area contributed by atoms with E-state index in [9.17, 15) is 4.79 Å². The van der Waals surface area contributed by atoms with Gasteiger partial charge in [0, 0.05) is 41.5 Å². The molecule has 0 aliphatic carbocycles. The molecule has 39 heavy (non-hydrogen) atoms. The van der Waals surface area contributed by atoms with Gasteiger partial charge < -0.3 is 9.47 Å². The number of hydrogen-bond donors (Lipinski definition) is 0. The Balaban J connectivity index is 1.70. The summed E-state index contributed by atoms with van der Waals surface area (Å²) in [5, 5.41) is 3.12. The predicted octanol–water partition coefficient (Wildman–Crippen LogP) is 7.20. The molecule has 1 atom stereocenters. The number of pyridine rings is 1. The molecule has 6 heteroatoms. The second-order valence-corrected chi connectivity index (χ2v) is 11.2. The third-order valence-corrected chi connectivity index (χ3v) is 7.22. The van der Waals surface area contributed by atoms with Crippen LogP contribution in [0.1, 0.15) is 50.5 Å². The van der Waals surface area contributed by atoms with Crippen LogP contribution < -0.4 is 4.74 Å². The number of ketones is 1. The molecular formula is C33H31N3O3. The van der Waals surface area contributed by atoms with Gasteiger partial charge in [0.1, 0.15) is 18.2 Å². The summed E-state index contributed by atoms with van der Waals surface area (Å²) < 4.78 is 12.5. The Bertz CT molecular complexity index is 1730. The smallest absolute Gasteiger partial charge is 0.163 e. The van der Waals surface area contributed by atoms with Gasteiger partial charge in [-0.05, 0) is 97.5 Å². The molecule has 1 aliphatic rings. The van der Waals surface area contributed by atoms with E-state index in [2.05, 4.69) is 53.3 Å². The molecule has 0 saturated heterocycles. The normalized spacial score (nSPS) is 13.9. The molecule has 0 N–H and O–H groups in total. The molecule has 0 fully saturated rings. The van der Waals surface area contributed by atoms with Gasteiger partial charge in [0.15, 0.2) is 5.78 Å². The van der Waals surface area contributed by atoms with Crippen LogP contribution in [0.25, 0.3) is 43.9 Å². The lowest BCUT2D eigenvalue weighted by Crippen LogP contribution is -2.27. The summed E-state index contributed by atoms with van der Waals surface area (Å²) >= 11 is 0. The summed E-state index contributed by atoms with van der Waals surface area (Å²) in [6, 6.07) is 14.7. The summed E-state index contributed by atoms with van der Waals surface area (Å²) in [5.41, 5.74) is 7.34. The highest BCUT2D eigenvalue weighted by molar-refractivity contribution is 6.09. The predicted molar refractivity (Wildman–Crippen MR) is 154 cm³/mol. The summed E-state index contributed by atoms with van der Waals surface area (Å²) in [6.07, 6.45) is 7.14. The summed E-state index contributed by atoms with van der Waals surface area (Å²) in [7, 11) is 0. The van der Waals surface area contributed by atoms with Crippen LogP contribution in [0.3, 0.4) is 0 Å². The number of Topliss-reactive ketones (excluding diaryl/α,β-unsaturated/α-hetero) is 1. The first-order chi connectivity index (χ1) is 18.7. The number of rotatable bonds is 5. The van der Waals surface area contributed by atoms with Gasteiger partial charge in [-0.25, -0.2) is 9.97 Å². The van der Waals surface area contributed by atoms with E-state index in [1.54, 1.807) is 6.92 Å². The van der Waals surface area contributed by atoms with E-state index in [0.717, 1.165) is 67.2 Å². The van der Waals surface area contributed by atoms with Gasteiger partial charge in [-0.2, -0.15) is 0 Å². The maximum absolute atomic E-state index is 13.2. The first-order valence-electron chi connectivity index (χ1n) is 13.3. The minimum absolute atomic E-state index is 0.0364. The summed E-state index contributed by atoms with van der Waals surface area (Å²) in [4.78, 5) is 26.4. The van der Waals surface area contributed by atoms with Crippen molar-refractivity contribution < 1.29 is 14.3 Å². The van der Waals surface area contributed by atoms with Gasteiger partial charge in [-0.3, -0.25) is 9.78 Å². The van der Waals surface area contributed by atoms with Crippen LogP contribution in [0.15, 0.2) is 67.4 Å². The van der Waals surface area contributed by atoms with Gasteiger partial charge in [0.2, 0.25) is 0 Å². The molecule has 0 unspecified atom stereocenters. The van der Waals surface area contributed by atoms with Crippen molar-refractivity contribution in [3.05, 3.63) is 84.1 Å². The fourth-order valence-corrected chi connectivity index (χ4v) is 5.62. The lowest BCUT2D eigenvalue weighted by molar-refractivity contribution is -0.138. The number of carbonyl (C=O) groups excluding carboxylic acids is 1. The number of benzene rings is 3. The van der Waals surface area contributed by atoms with Crippen molar-refractivity contribution in [2.75, 3.05) is 6.61 Å². The fraction of sp³-hybridized carbons (Fsp3) is 0.273. The second-order valence-electron chi connectivity index (χ2n) is 11.2. The number of hydrogen-bond acceptors (Lipinski definition) is 6. The molecule has 6 rings (SSSR count). The Morgan fingerprint density at radius 2 is 1.82 bits per heavy atom. The van der Waals surface area contributed by atoms with Gasteiger partial charge in [0.25, 0.3) is 0 Å².